The standard InChI is InChI=1S/C7H5BrN2OS/c8-6-2-1-5(12-6)4-3-7(9)11-10-4/h1-3H,9H2. The summed E-state index contributed by atoms with van der Waals surface area (Å²) in [4.78, 5) is 1.04. The summed E-state index contributed by atoms with van der Waals surface area (Å²) in [5.74, 6) is 0.342. The Balaban J connectivity index is 2.43. The molecule has 0 fully saturated rings. The highest BCUT2D eigenvalue weighted by molar-refractivity contribution is 9.11. The van der Waals surface area contributed by atoms with Gasteiger partial charge in [-0.1, -0.05) is 5.16 Å². The van der Waals surface area contributed by atoms with Crippen molar-refractivity contribution in [1.29, 1.82) is 0 Å². The molecule has 3 nitrogen and oxygen atoms in total. The van der Waals surface area contributed by atoms with E-state index in [1.54, 1.807) is 17.4 Å². The molecule has 0 aromatic carbocycles. The lowest BCUT2D eigenvalue weighted by molar-refractivity contribution is 0.439. The number of nitrogens with zero attached hydrogens (tertiary/aromatic N) is 1. The fourth-order valence-electron chi connectivity index (χ4n) is 0.857. The molecule has 2 heterocycles. The summed E-state index contributed by atoms with van der Waals surface area (Å²) in [6, 6.07) is 5.63. The van der Waals surface area contributed by atoms with E-state index in [9.17, 15) is 0 Å². The van der Waals surface area contributed by atoms with Crippen LogP contribution in [0.5, 0.6) is 0 Å². The summed E-state index contributed by atoms with van der Waals surface area (Å²) in [5, 5.41) is 3.79. The van der Waals surface area contributed by atoms with E-state index >= 15 is 0 Å². The molecule has 0 saturated carbocycles. The molecule has 0 aliphatic rings. The van der Waals surface area contributed by atoms with Crippen molar-refractivity contribution in [2.75, 3.05) is 5.73 Å². The maximum absolute atomic E-state index is 5.39. The zero-order valence-corrected chi connectivity index (χ0v) is 8.35. The van der Waals surface area contributed by atoms with Gasteiger partial charge in [0.05, 0.1) is 8.66 Å². The van der Waals surface area contributed by atoms with E-state index in [2.05, 4.69) is 21.1 Å². The van der Waals surface area contributed by atoms with E-state index in [1.165, 1.54) is 0 Å². The third-order valence-corrected chi connectivity index (χ3v) is 3.00. The molecule has 12 heavy (non-hydrogen) atoms. The fraction of sp³-hybridized carbons (Fsp3) is 0. The minimum absolute atomic E-state index is 0.342. The number of nitrogen functional groups attached to an aromatic ring is 1. The summed E-state index contributed by atoms with van der Waals surface area (Å²) in [5.41, 5.74) is 6.17. The van der Waals surface area contributed by atoms with Gasteiger partial charge in [-0.2, -0.15) is 0 Å². The highest BCUT2D eigenvalue weighted by Gasteiger charge is 2.05. The first-order valence-corrected chi connectivity index (χ1v) is 4.84. The van der Waals surface area contributed by atoms with Crippen molar-refractivity contribution in [2.45, 2.75) is 0 Å². The van der Waals surface area contributed by atoms with Crippen molar-refractivity contribution in [3.8, 4) is 10.6 Å². The third-order valence-electron chi connectivity index (χ3n) is 1.35. The van der Waals surface area contributed by atoms with Gasteiger partial charge in [-0.15, -0.1) is 11.3 Å². The van der Waals surface area contributed by atoms with Crippen LogP contribution in [0.3, 0.4) is 0 Å². The predicted molar refractivity (Wildman–Crippen MR) is 51.9 cm³/mol. The summed E-state index contributed by atoms with van der Waals surface area (Å²) >= 11 is 4.96. The molecule has 0 radical (unpaired) electrons. The Morgan fingerprint density at radius 2 is 2.33 bits per heavy atom. The summed E-state index contributed by atoms with van der Waals surface area (Å²) in [6.07, 6.45) is 0. The lowest BCUT2D eigenvalue weighted by atomic mass is 10.3. The Labute approximate surface area is 81.3 Å². The highest BCUT2D eigenvalue weighted by atomic mass is 79.9. The number of rotatable bonds is 1. The lowest BCUT2D eigenvalue weighted by Crippen LogP contribution is -1.75. The van der Waals surface area contributed by atoms with E-state index in [0.29, 0.717) is 5.88 Å². The molecule has 0 bridgehead atoms. The summed E-state index contributed by atoms with van der Waals surface area (Å²) < 4.78 is 5.82. The Morgan fingerprint density at radius 1 is 1.50 bits per heavy atom. The first kappa shape index (κ1) is 7.82. The van der Waals surface area contributed by atoms with Crippen LogP contribution >= 0.6 is 27.3 Å². The normalized spacial score (nSPS) is 10.4. The third kappa shape index (κ3) is 1.37. The quantitative estimate of drug-likeness (QED) is 0.840. The molecule has 0 saturated heterocycles. The SMILES string of the molecule is Nc1cc(-c2ccc(Br)s2)no1. The predicted octanol–water partition coefficient (Wildman–Crippen LogP) is 2.75. The largest absolute Gasteiger partial charge is 0.368 e. The second kappa shape index (κ2) is 2.91. The van der Waals surface area contributed by atoms with Crippen LogP contribution in [0.25, 0.3) is 10.6 Å². The van der Waals surface area contributed by atoms with Crippen LogP contribution in [0.4, 0.5) is 5.88 Å². The van der Waals surface area contributed by atoms with Crippen LogP contribution in [-0.2, 0) is 0 Å². The lowest BCUT2D eigenvalue weighted by Gasteiger charge is -1.82. The maximum atomic E-state index is 5.39. The van der Waals surface area contributed by atoms with Gasteiger partial charge in [0.25, 0.3) is 0 Å². The van der Waals surface area contributed by atoms with Gasteiger partial charge < -0.3 is 10.3 Å². The molecular weight excluding hydrogens is 240 g/mol. The Hall–Kier alpha value is -0.810. The first-order valence-electron chi connectivity index (χ1n) is 3.23. The molecule has 0 atom stereocenters. The van der Waals surface area contributed by atoms with E-state index in [-0.39, 0.29) is 0 Å². The molecule has 2 rings (SSSR count). The van der Waals surface area contributed by atoms with E-state index in [4.69, 9.17) is 10.3 Å². The van der Waals surface area contributed by atoms with Crippen molar-refractivity contribution >= 4 is 33.2 Å². The van der Waals surface area contributed by atoms with Gasteiger partial charge in [0.1, 0.15) is 5.69 Å². The summed E-state index contributed by atoms with van der Waals surface area (Å²) in [7, 11) is 0. The van der Waals surface area contributed by atoms with Crippen LogP contribution in [0.15, 0.2) is 26.5 Å². The molecule has 0 amide bonds. The summed E-state index contributed by atoms with van der Waals surface area (Å²) in [6.45, 7) is 0. The molecular formula is C7H5BrN2OS. The Morgan fingerprint density at radius 3 is 2.83 bits per heavy atom. The monoisotopic (exact) mass is 244 g/mol. The van der Waals surface area contributed by atoms with E-state index in [1.807, 2.05) is 12.1 Å². The van der Waals surface area contributed by atoms with Gasteiger partial charge in [0.2, 0.25) is 5.88 Å². The van der Waals surface area contributed by atoms with Gasteiger partial charge in [0, 0.05) is 6.07 Å². The molecule has 2 aromatic rings. The Kier molecular flexibility index (Phi) is 1.90. The minimum atomic E-state index is 0.342. The average molecular weight is 245 g/mol. The maximum Gasteiger partial charge on any atom is 0.222 e. The highest BCUT2D eigenvalue weighted by Crippen LogP contribution is 2.30. The van der Waals surface area contributed by atoms with Gasteiger partial charge in [-0.3, -0.25) is 0 Å². The molecule has 62 valence electrons. The van der Waals surface area contributed by atoms with Crippen molar-refractivity contribution in [1.82, 2.24) is 5.16 Å². The van der Waals surface area contributed by atoms with Gasteiger partial charge >= 0.3 is 0 Å². The Bertz CT molecular complexity index is 357. The van der Waals surface area contributed by atoms with Crippen LogP contribution in [0, 0.1) is 0 Å². The number of anilines is 1. The molecule has 0 aliphatic carbocycles. The van der Waals surface area contributed by atoms with Gasteiger partial charge in [-0.05, 0) is 28.1 Å². The van der Waals surface area contributed by atoms with Gasteiger partial charge in [-0.25, -0.2) is 0 Å². The van der Waals surface area contributed by atoms with Crippen LogP contribution in [-0.4, -0.2) is 5.16 Å². The van der Waals surface area contributed by atoms with E-state index in [0.717, 1.165) is 14.4 Å². The average Bonchev–Trinajstić information content (AvgIpc) is 2.58. The number of hydrogen-bond donors (Lipinski definition) is 1. The van der Waals surface area contributed by atoms with Crippen molar-refractivity contribution in [3.63, 3.8) is 0 Å². The number of hydrogen-bond acceptors (Lipinski definition) is 4. The second-order valence-corrected chi connectivity index (χ2v) is 4.68. The first-order chi connectivity index (χ1) is 5.75. The number of thiophene rings is 1. The molecule has 0 spiro atoms. The number of nitrogens with two attached hydrogens (primary N) is 1. The number of aromatic nitrogens is 1. The van der Waals surface area contributed by atoms with Crippen molar-refractivity contribution in [3.05, 3.63) is 22.0 Å². The smallest absolute Gasteiger partial charge is 0.222 e. The zero-order valence-electron chi connectivity index (χ0n) is 5.95. The molecule has 2 aromatic heterocycles. The zero-order chi connectivity index (χ0) is 8.55. The second-order valence-electron chi connectivity index (χ2n) is 2.22. The van der Waals surface area contributed by atoms with Crippen molar-refractivity contribution in [2.24, 2.45) is 0 Å². The number of halogens is 1. The fourth-order valence-corrected chi connectivity index (χ4v) is 2.20. The molecule has 0 unspecified atom stereocenters. The minimum Gasteiger partial charge on any atom is -0.368 e. The van der Waals surface area contributed by atoms with Crippen LogP contribution < -0.4 is 5.73 Å². The molecule has 5 heteroatoms. The van der Waals surface area contributed by atoms with E-state index < -0.39 is 0 Å². The molecule has 0 aliphatic heterocycles. The van der Waals surface area contributed by atoms with Crippen LogP contribution in [0.2, 0.25) is 0 Å². The topological polar surface area (TPSA) is 52.0 Å². The van der Waals surface area contributed by atoms with Crippen molar-refractivity contribution < 1.29 is 4.52 Å². The van der Waals surface area contributed by atoms with Crippen LogP contribution in [0.1, 0.15) is 0 Å². The molecule has 2 N–H and O–H groups in total. The van der Waals surface area contributed by atoms with Gasteiger partial charge in [0.15, 0.2) is 0 Å².